The second-order valence-electron chi connectivity index (χ2n) is 4.64. The van der Waals surface area contributed by atoms with Gasteiger partial charge in [-0.1, -0.05) is 0 Å². The van der Waals surface area contributed by atoms with Gasteiger partial charge in [-0.05, 0) is 26.2 Å². The lowest BCUT2D eigenvalue weighted by Crippen LogP contribution is -2.43. The number of ether oxygens (including phenoxy) is 1. The lowest BCUT2D eigenvalue weighted by Gasteiger charge is -2.36. The Morgan fingerprint density at radius 3 is 2.83 bits per heavy atom. The van der Waals surface area contributed by atoms with Crippen LogP contribution in [0.4, 0.5) is 5.82 Å². The van der Waals surface area contributed by atoms with Gasteiger partial charge < -0.3 is 15.2 Å². The van der Waals surface area contributed by atoms with Crippen LogP contribution in [-0.2, 0) is 4.74 Å². The third-order valence-electron chi connectivity index (χ3n) is 3.11. The smallest absolute Gasteiger partial charge is 0.376 e. The fourth-order valence-corrected chi connectivity index (χ4v) is 1.86. The van der Waals surface area contributed by atoms with Gasteiger partial charge in [-0.3, -0.25) is 0 Å². The Bertz CT molecular complexity index is 458. The molecule has 0 spiro atoms. The van der Waals surface area contributed by atoms with E-state index in [2.05, 4.69) is 20.0 Å². The fraction of sp³-hybridized carbons (Fsp3) is 0.583. The second kappa shape index (κ2) is 4.89. The molecule has 0 amide bonds. The molecule has 1 aliphatic rings. The van der Waals surface area contributed by atoms with Crippen LogP contribution in [0.3, 0.4) is 0 Å². The van der Waals surface area contributed by atoms with Gasteiger partial charge in [0.05, 0.1) is 12.7 Å². The Morgan fingerprint density at radius 1 is 1.56 bits per heavy atom. The largest absolute Gasteiger partial charge is 0.463 e. The Morgan fingerprint density at radius 2 is 2.28 bits per heavy atom. The molecule has 0 radical (unpaired) electrons. The normalized spacial score (nSPS) is 16.8. The van der Waals surface area contributed by atoms with Crippen molar-refractivity contribution in [3.63, 3.8) is 0 Å². The van der Waals surface area contributed by atoms with Gasteiger partial charge in [-0.25, -0.2) is 14.8 Å². The molecular formula is C12H17N3O3. The van der Waals surface area contributed by atoms with E-state index < -0.39 is 11.6 Å². The molecule has 2 rings (SSSR count). The van der Waals surface area contributed by atoms with Crippen molar-refractivity contribution in [1.29, 1.82) is 0 Å². The maximum atomic E-state index is 11.4. The molecule has 0 unspecified atom stereocenters. The van der Waals surface area contributed by atoms with Gasteiger partial charge in [0.2, 0.25) is 5.82 Å². The van der Waals surface area contributed by atoms with Gasteiger partial charge in [0.1, 0.15) is 5.82 Å². The summed E-state index contributed by atoms with van der Waals surface area (Å²) in [5, 5.41) is 13.0. The minimum atomic E-state index is -0.635. The molecule has 0 aromatic carbocycles. The number of aryl methyl sites for hydroxylation is 1. The summed E-state index contributed by atoms with van der Waals surface area (Å²) in [5.74, 6) is -0.00655. The summed E-state index contributed by atoms with van der Waals surface area (Å²) in [6.45, 7) is 2.21. The summed E-state index contributed by atoms with van der Waals surface area (Å²) in [7, 11) is 1.29. The van der Waals surface area contributed by atoms with Crippen LogP contribution >= 0.6 is 0 Å². The highest BCUT2D eigenvalue weighted by Gasteiger charge is 2.34. The average Bonchev–Trinajstić information content (AvgIpc) is 2.32. The number of hydrogen-bond donors (Lipinski definition) is 2. The second-order valence-corrected chi connectivity index (χ2v) is 4.64. The monoisotopic (exact) mass is 251 g/mol. The number of nitrogens with one attached hydrogen (secondary N) is 1. The highest BCUT2D eigenvalue weighted by molar-refractivity contribution is 5.85. The fourth-order valence-electron chi connectivity index (χ4n) is 1.86. The molecule has 98 valence electrons. The average molecular weight is 251 g/mol. The molecule has 18 heavy (non-hydrogen) atoms. The van der Waals surface area contributed by atoms with Crippen LogP contribution < -0.4 is 5.32 Å². The number of methoxy groups -OCH3 is 1. The Labute approximate surface area is 105 Å². The molecule has 6 nitrogen and oxygen atoms in total. The summed E-state index contributed by atoms with van der Waals surface area (Å²) in [6.07, 6.45) is 2.65. The molecule has 1 aromatic heterocycles. The summed E-state index contributed by atoms with van der Waals surface area (Å²) in [5.41, 5.74) is 0.0399. The lowest BCUT2D eigenvalue weighted by atomic mass is 9.80. The van der Waals surface area contributed by atoms with E-state index in [0.29, 0.717) is 18.1 Å². The third kappa shape index (κ3) is 2.76. The van der Waals surface area contributed by atoms with Crippen molar-refractivity contribution in [2.45, 2.75) is 31.8 Å². The number of aliphatic hydroxyl groups is 1. The minimum Gasteiger partial charge on any atom is -0.463 e. The van der Waals surface area contributed by atoms with Crippen LogP contribution in [0.15, 0.2) is 6.07 Å². The van der Waals surface area contributed by atoms with E-state index in [9.17, 15) is 9.90 Å². The van der Waals surface area contributed by atoms with Crippen molar-refractivity contribution in [1.82, 2.24) is 9.97 Å². The van der Waals surface area contributed by atoms with Gasteiger partial charge in [0.15, 0.2) is 0 Å². The van der Waals surface area contributed by atoms with E-state index >= 15 is 0 Å². The van der Waals surface area contributed by atoms with Gasteiger partial charge in [-0.15, -0.1) is 0 Å². The van der Waals surface area contributed by atoms with E-state index in [0.717, 1.165) is 19.3 Å². The van der Waals surface area contributed by atoms with Gasteiger partial charge in [0, 0.05) is 18.3 Å². The maximum absolute atomic E-state index is 11.4. The third-order valence-corrected chi connectivity index (χ3v) is 3.11. The highest BCUT2D eigenvalue weighted by Crippen LogP contribution is 2.31. The molecular weight excluding hydrogens is 234 g/mol. The number of nitrogens with zero attached hydrogens (tertiary/aromatic N) is 2. The number of carbonyl (C=O) groups excluding carboxylic acids is 1. The Kier molecular flexibility index (Phi) is 3.47. The first-order valence-corrected chi connectivity index (χ1v) is 5.93. The molecule has 1 aromatic rings. The first-order chi connectivity index (χ1) is 8.52. The highest BCUT2D eigenvalue weighted by atomic mass is 16.5. The topological polar surface area (TPSA) is 84.3 Å². The van der Waals surface area contributed by atoms with E-state index in [-0.39, 0.29) is 5.82 Å². The van der Waals surface area contributed by atoms with Crippen LogP contribution in [0.2, 0.25) is 0 Å². The van der Waals surface area contributed by atoms with Crippen molar-refractivity contribution in [3.8, 4) is 0 Å². The summed E-state index contributed by atoms with van der Waals surface area (Å²) >= 11 is 0. The van der Waals surface area contributed by atoms with Gasteiger partial charge >= 0.3 is 5.97 Å². The minimum absolute atomic E-state index is 0.0283. The van der Waals surface area contributed by atoms with Crippen molar-refractivity contribution in [2.75, 3.05) is 19.0 Å². The predicted molar refractivity (Wildman–Crippen MR) is 65.4 cm³/mol. The van der Waals surface area contributed by atoms with E-state index in [1.165, 1.54) is 7.11 Å². The number of anilines is 1. The molecule has 2 N–H and O–H groups in total. The first kappa shape index (κ1) is 12.8. The quantitative estimate of drug-likeness (QED) is 0.773. The molecule has 0 atom stereocenters. The van der Waals surface area contributed by atoms with Crippen molar-refractivity contribution >= 4 is 11.8 Å². The maximum Gasteiger partial charge on any atom is 0.376 e. The number of carbonyl (C=O) groups is 1. The van der Waals surface area contributed by atoms with Crippen LogP contribution in [0.25, 0.3) is 0 Å². The molecule has 1 heterocycles. The van der Waals surface area contributed by atoms with Crippen molar-refractivity contribution < 1.29 is 14.6 Å². The standard InChI is InChI=1S/C12H17N3O3/c1-8-6-9(13-7-12(17)4-3-5-12)15-10(14-8)11(16)18-2/h6,17H,3-5,7H2,1-2H3,(H,13,14,15). The Balaban J connectivity index is 2.07. The molecule has 1 saturated carbocycles. The first-order valence-electron chi connectivity index (χ1n) is 5.93. The molecule has 6 heteroatoms. The zero-order valence-corrected chi connectivity index (χ0v) is 10.6. The SMILES string of the molecule is COC(=O)c1nc(C)cc(NCC2(O)CCC2)n1. The van der Waals surface area contributed by atoms with Crippen molar-refractivity contribution in [3.05, 3.63) is 17.6 Å². The summed E-state index contributed by atoms with van der Waals surface area (Å²) < 4.78 is 4.58. The number of hydrogen-bond acceptors (Lipinski definition) is 6. The number of aromatic nitrogens is 2. The number of esters is 1. The van der Waals surface area contributed by atoms with Crippen LogP contribution in [0.1, 0.15) is 35.6 Å². The van der Waals surface area contributed by atoms with Gasteiger partial charge in [0.25, 0.3) is 0 Å². The summed E-state index contributed by atoms with van der Waals surface area (Å²) in [6, 6.07) is 1.73. The van der Waals surface area contributed by atoms with Crippen LogP contribution in [0.5, 0.6) is 0 Å². The molecule has 1 aliphatic carbocycles. The van der Waals surface area contributed by atoms with E-state index in [4.69, 9.17) is 0 Å². The zero-order valence-electron chi connectivity index (χ0n) is 10.6. The van der Waals surface area contributed by atoms with Crippen LogP contribution in [-0.4, -0.2) is 40.3 Å². The van der Waals surface area contributed by atoms with Crippen molar-refractivity contribution in [2.24, 2.45) is 0 Å². The van der Waals surface area contributed by atoms with E-state index in [1.807, 2.05) is 0 Å². The van der Waals surface area contributed by atoms with Crippen LogP contribution in [0, 0.1) is 6.92 Å². The Hall–Kier alpha value is -1.69. The number of rotatable bonds is 4. The zero-order chi connectivity index (χ0) is 13.2. The molecule has 1 fully saturated rings. The molecule has 0 bridgehead atoms. The predicted octanol–water partition coefficient (Wildman–Crippen LogP) is 0.899. The lowest BCUT2D eigenvalue weighted by molar-refractivity contribution is -0.0202. The molecule has 0 saturated heterocycles. The summed E-state index contributed by atoms with van der Waals surface area (Å²) in [4.78, 5) is 19.4. The van der Waals surface area contributed by atoms with E-state index in [1.54, 1.807) is 13.0 Å². The molecule has 0 aliphatic heterocycles. The van der Waals surface area contributed by atoms with Gasteiger partial charge in [-0.2, -0.15) is 0 Å².